The number of hydrogen-bond acceptors (Lipinski definition) is 5. The van der Waals surface area contributed by atoms with E-state index in [-0.39, 0.29) is 12.0 Å². The number of ether oxygens (including phenoxy) is 1. The quantitative estimate of drug-likeness (QED) is 0.255. The second-order valence-corrected chi connectivity index (χ2v) is 12.3. The van der Waals surface area contributed by atoms with E-state index in [0.29, 0.717) is 31.4 Å². The Morgan fingerprint density at radius 1 is 0.767 bits per heavy atom. The van der Waals surface area contributed by atoms with Crippen LogP contribution in [0.15, 0.2) is 72.8 Å². The van der Waals surface area contributed by atoms with E-state index in [1.54, 1.807) is 0 Å². The highest BCUT2D eigenvalue weighted by molar-refractivity contribution is 5.90. The minimum Gasteiger partial charge on any atom is -0.445 e. The second-order valence-electron chi connectivity index (χ2n) is 12.3. The van der Waals surface area contributed by atoms with Gasteiger partial charge in [-0.1, -0.05) is 72.8 Å². The molecule has 7 nitrogen and oxygen atoms in total. The number of likely N-dealkylation sites (tertiary alicyclic amines) is 2. The Bertz CT molecular complexity index is 1280. The number of amides is 2. The molecule has 3 aromatic carbocycles. The molecule has 3 aromatic rings. The minimum absolute atomic E-state index is 0.254. The van der Waals surface area contributed by atoms with Crippen LogP contribution in [0.2, 0.25) is 0 Å². The maximum Gasteiger partial charge on any atom is 0.407 e. The van der Waals surface area contributed by atoms with Crippen molar-refractivity contribution in [3.63, 3.8) is 0 Å². The van der Waals surface area contributed by atoms with Gasteiger partial charge in [0.25, 0.3) is 0 Å². The molecule has 0 atom stereocenters. The van der Waals surface area contributed by atoms with Crippen molar-refractivity contribution in [2.24, 2.45) is 11.8 Å². The highest BCUT2D eigenvalue weighted by Gasteiger charge is 2.23. The fraction of sp³-hybridized carbons (Fsp3) is 0.500. The molecular formula is C36H48N4O3. The lowest BCUT2D eigenvalue weighted by molar-refractivity contribution is -0.131. The summed E-state index contributed by atoms with van der Waals surface area (Å²) in [5, 5.41) is 9.01. The monoisotopic (exact) mass is 584 g/mol. The Labute approximate surface area is 257 Å². The van der Waals surface area contributed by atoms with Gasteiger partial charge in [0.2, 0.25) is 5.91 Å². The van der Waals surface area contributed by atoms with Crippen molar-refractivity contribution in [2.45, 2.75) is 51.6 Å². The first-order valence-electron chi connectivity index (χ1n) is 16.3. The van der Waals surface area contributed by atoms with Gasteiger partial charge in [0.05, 0.1) is 6.42 Å². The molecule has 2 heterocycles. The smallest absolute Gasteiger partial charge is 0.407 e. The summed E-state index contributed by atoms with van der Waals surface area (Å²) in [5.41, 5.74) is 2.13. The zero-order valence-electron chi connectivity index (χ0n) is 25.5. The molecule has 5 rings (SSSR count). The third-order valence-electron chi connectivity index (χ3n) is 9.15. The molecule has 0 saturated carbocycles. The molecule has 2 amide bonds. The van der Waals surface area contributed by atoms with E-state index in [1.807, 2.05) is 42.5 Å². The number of alkyl carbamates (subject to hydrolysis) is 1. The normalized spacial score (nSPS) is 16.8. The lowest BCUT2D eigenvalue weighted by atomic mass is 9.95. The lowest BCUT2D eigenvalue weighted by Crippen LogP contribution is -2.41. The molecule has 2 saturated heterocycles. The van der Waals surface area contributed by atoms with Crippen molar-refractivity contribution in [3.8, 4) is 0 Å². The average molecular weight is 585 g/mol. The molecule has 2 aliphatic rings. The maximum absolute atomic E-state index is 13.0. The van der Waals surface area contributed by atoms with Crippen molar-refractivity contribution in [2.75, 3.05) is 52.4 Å². The standard InChI is InChI=1S/C36H48N4O3/c41-35(25-33-13-8-12-32-11-4-5-14-34(32)33)40-23-17-29(18-24-40)26-37-19-6-7-20-39-21-15-30(16-22-39)27-38-36(42)43-28-31-9-2-1-3-10-31/h1-5,8-14,29-30,37H,6-7,15-28H2,(H,38,42). The molecule has 0 unspecified atom stereocenters. The van der Waals surface area contributed by atoms with Gasteiger partial charge in [-0.2, -0.15) is 0 Å². The van der Waals surface area contributed by atoms with Gasteiger partial charge >= 0.3 is 6.09 Å². The summed E-state index contributed by atoms with van der Waals surface area (Å²) >= 11 is 0. The van der Waals surface area contributed by atoms with Crippen molar-refractivity contribution in [1.29, 1.82) is 0 Å². The summed E-state index contributed by atoms with van der Waals surface area (Å²) in [5.74, 6) is 1.44. The van der Waals surface area contributed by atoms with Crippen molar-refractivity contribution in [3.05, 3.63) is 83.9 Å². The van der Waals surface area contributed by atoms with E-state index in [0.717, 1.165) is 82.6 Å². The number of rotatable bonds is 13. The number of hydrogen-bond donors (Lipinski definition) is 2. The molecule has 0 spiro atoms. The summed E-state index contributed by atoms with van der Waals surface area (Å²) in [6.45, 7) is 8.23. The van der Waals surface area contributed by atoms with E-state index in [2.05, 4.69) is 50.8 Å². The first kappa shape index (κ1) is 31.0. The van der Waals surface area contributed by atoms with Crippen molar-refractivity contribution >= 4 is 22.8 Å². The molecular weight excluding hydrogens is 536 g/mol. The van der Waals surface area contributed by atoms with Crippen LogP contribution in [-0.2, 0) is 22.6 Å². The molecule has 7 heteroatoms. The van der Waals surface area contributed by atoms with E-state index < -0.39 is 0 Å². The van der Waals surface area contributed by atoms with Crippen LogP contribution in [0.3, 0.4) is 0 Å². The van der Waals surface area contributed by atoms with E-state index in [4.69, 9.17) is 4.74 Å². The predicted octanol–water partition coefficient (Wildman–Crippen LogP) is 5.63. The van der Waals surface area contributed by atoms with Crippen LogP contribution >= 0.6 is 0 Å². The van der Waals surface area contributed by atoms with Gasteiger partial charge < -0.3 is 25.2 Å². The van der Waals surface area contributed by atoms with Crippen LogP contribution in [0.1, 0.15) is 49.7 Å². The molecule has 0 radical (unpaired) electrons. The minimum atomic E-state index is -0.324. The number of carbonyl (C=O) groups is 2. The molecule has 0 bridgehead atoms. The third-order valence-corrected chi connectivity index (χ3v) is 9.15. The maximum atomic E-state index is 13.0. The highest BCUT2D eigenvalue weighted by Crippen LogP contribution is 2.22. The summed E-state index contributed by atoms with van der Waals surface area (Å²) in [6.07, 6.45) is 6.99. The Morgan fingerprint density at radius 3 is 2.28 bits per heavy atom. The molecule has 230 valence electrons. The first-order chi connectivity index (χ1) is 21.1. The number of unbranched alkanes of at least 4 members (excludes halogenated alkanes) is 1. The fourth-order valence-electron chi connectivity index (χ4n) is 6.42. The number of nitrogens with zero attached hydrogens (tertiary/aromatic N) is 2. The van der Waals surface area contributed by atoms with Gasteiger partial charge in [-0.3, -0.25) is 4.79 Å². The summed E-state index contributed by atoms with van der Waals surface area (Å²) in [7, 11) is 0. The molecule has 2 N–H and O–H groups in total. The lowest BCUT2D eigenvalue weighted by Gasteiger charge is -2.32. The first-order valence-corrected chi connectivity index (χ1v) is 16.3. The SMILES string of the molecule is O=C(NCC1CCN(CCCCNCC2CCN(C(=O)Cc3cccc4ccccc34)CC2)CC1)OCc1ccccc1. The fourth-order valence-corrected chi connectivity index (χ4v) is 6.42. The Balaban J connectivity index is 0.867. The highest BCUT2D eigenvalue weighted by atomic mass is 16.5. The summed E-state index contributed by atoms with van der Waals surface area (Å²) in [6, 6.07) is 24.4. The zero-order valence-corrected chi connectivity index (χ0v) is 25.5. The van der Waals surface area contributed by atoms with Crippen LogP contribution in [0.5, 0.6) is 0 Å². The second kappa shape index (κ2) is 16.4. The molecule has 43 heavy (non-hydrogen) atoms. The van der Waals surface area contributed by atoms with Gasteiger partial charge in [-0.05, 0) is 105 Å². The number of piperidine rings is 2. The van der Waals surface area contributed by atoms with Gasteiger partial charge in [0.1, 0.15) is 6.61 Å². The van der Waals surface area contributed by atoms with Gasteiger partial charge in [-0.25, -0.2) is 4.79 Å². The molecule has 0 aliphatic carbocycles. The molecule has 2 aliphatic heterocycles. The van der Waals surface area contributed by atoms with E-state index >= 15 is 0 Å². The van der Waals surface area contributed by atoms with Gasteiger partial charge in [-0.15, -0.1) is 0 Å². The predicted molar refractivity (Wildman–Crippen MR) is 173 cm³/mol. The van der Waals surface area contributed by atoms with Crippen LogP contribution in [0.4, 0.5) is 4.79 Å². The van der Waals surface area contributed by atoms with Crippen molar-refractivity contribution in [1.82, 2.24) is 20.4 Å². The van der Waals surface area contributed by atoms with Crippen molar-refractivity contribution < 1.29 is 14.3 Å². The number of nitrogens with one attached hydrogen (secondary N) is 2. The zero-order chi connectivity index (χ0) is 29.7. The number of fused-ring (bicyclic) bond motifs is 1. The van der Waals surface area contributed by atoms with Crippen LogP contribution < -0.4 is 10.6 Å². The Hall–Kier alpha value is -3.42. The van der Waals surface area contributed by atoms with Crippen LogP contribution in [0, 0.1) is 11.8 Å². The third kappa shape index (κ3) is 9.80. The Kier molecular flexibility index (Phi) is 11.9. The number of benzene rings is 3. The molecule has 2 fully saturated rings. The van der Waals surface area contributed by atoms with Gasteiger partial charge in [0.15, 0.2) is 0 Å². The largest absolute Gasteiger partial charge is 0.445 e. The number of carbonyl (C=O) groups excluding carboxylic acids is 2. The summed E-state index contributed by atoms with van der Waals surface area (Å²) < 4.78 is 5.33. The molecule has 0 aromatic heterocycles. The Morgan fingerprint density at radius 2 is 1.47 bits per heavy atom. The van der Waals surface area contributed by atoms with E-state index in [1.165, 1.54) is 23.6 Å². The van der Waals surface area contributed by atoms with Gasteiger partial charge in [0, 0.05) is 19.6 Å². The van der Waals surface area contributed by atoms with Crippen LogP contribution in [0.25, 0.3) is 10.8 Å². The average Bonchev–Trinajstić information content (AvgIpc) is 3.06. The van der Waals surface area contributed by atoms with E-state index in [9.17, 15) is 9.59 Å². The summed E-state index contributed by atoms with van der Waals surface area (Å²) in [4.78, 5) is 29.7. The topological polar surface area (TPSA) is 73.9 Å². The van der Waals surface area contributed by atoms with Crippen LogP contribution in [-0.4, -0.2) is 74.2 Å².